The van der Waals surface area contributed by atoms with E-state index in [1.54, 1.807) is 16.7 Å². The summed E-state index contributed by atoms with van der Waals surface area (Å²) in [7, 11) is 0. The third kappa shape index (κ3) is 5.14. The lowest BCUT2D eigenvalue weighted by atomic mass is 9.94. The Balaban J connectivity index is 1.39. The van der Waals surface area contributed by atoms with Crippen molar-refractivity contribution in [1.29, 1.82) is 0 Å². The minimum Gasteiger partial charge on any atom is -0.379 e. The summed E-state index contributed by atoms with van der Waals surface area (Å²) in [5, 5.41) is 3.50. The minimum absolute atomic E-state index is 0.299. The molecule has 0 radical (unpaired) electrons. The zero-order chi connectivity index (χ0) is 21.8. The smallest absolute Gasteiger partial charge is 0.178 e. The molecule has 0 bridgehead atoms. The average molecular weight is 439 g/mol. The summed E-state index contributed by atoms with van der Waals surface area (Å²) < 4.78 is 21.1. The van der Waals surface area contributed by atoms with Gasteiger partial charge in [0.1, 0.15) is 17.2 Å². The molecule has 5 heterocycles. The van der Waals surface area contributed by atoms with E-state index in [9.17, 15) is 4.39 Å². The highest BCUT2D eigenvalue weighted by atomic mass is 19.1. The number of piperidine rings is 1. The van der Waals surface area contributed by atoms with Crippen LogP contribution in [0.15, 0.2) is 30.6 Å². The first kappa shape index (κ1) is 21.4. The summed E-state index contributed by atoms with van der Waals surface area (Å²) >= 11 is 0. The maximum absolute atomic E-state index is 13.9. The predicted octanol–water partition coefficient (Wildman–Crippen LogP) is 2.74. The molecule has 170 valence electrons. The van der Waals surface area contributed by atoms with Crippen LogP contribution in [0.5, 0.6) is 0 Å². The second kappa shape index (κ2) is 10.0. The highest BCUT2D eigenvalue weighted by Gasteiger charge is 2.18. The van der Waals surface area contributed by atoms with E-state index in [4.69, 9.17) is 14.7 Å². The van der Waals surface area contributed by atoms with E-state index < -0.39 is 0 Å². The molecule has 0 amide bonds. The van der Waals surface area contributed by atoms with Crippen molar-refractivity contribution >= 4 is 5.65 Å². The Labute approximate surface area is 188 Å². The number of nitrogens with one attached hydrogen (secondary N) is 1. The van der Waals surface area contributed by atoms with Crippen molar-refractivity contribution < 1.29 is 9.13 Å². The number of hydrogen-bond acceptors (Lipinski definition) is 6. The second-order valence-electron chi connectivity index (χ2n) is 8.87. The number of hydrogen-bond donors (Lipinski definition) is 1. The van der Waals surface area contributed by atoms with Crippen LogP contribution >= 0.6 is 0 Å². The molecule has 0 aromatic carbocycles. The van der Waals surface area contributed by atoms with E-state index in [0.717, 1.165) is 82.3 Å². The van der Waals surface area contributed by atoms with Gasteiger partial charge in [-0.3, -0.25) is 9.30 Å². The summed E-state index contributed by atoms with van der Waals surface area (Å²) in [6.45, 7) is 6.83. The monoisotopic (exact) mass is 438 g/mol. The van der Waals surface area contributed by atoms with Gasteiger partial charge >= 0.3 is 0 Å². The standard InChI is InChI=1S/C24H31FN6O/c25-19-5-6-23-27-16-22(31(23)17-19)24-28-20(4-2-8-30-9-11-32-12-10-30)14-21(29-24)13-18-3-1-7-26-15-18/h5-6,14,16-18,26H,1-4,7-13,15H2/t18-/m0/s1. The molecule has 0 unspecified atom stereocenters. The van der Waals surface area contributed by atoms with Crippen molar-refractivity contribution in [3.8, 4) is 11.5 Å². The van der Waals surface area contributed by atoms with Gasteiger partial charge in [0.25, 0.3) is 0 Å². The topological polar surface area (TPSA) is 67.6 Å². The van der Waals surface area contributed by atoms with Gasteiger partial charge in [0.2, 0.25) is 0 Å². The van der Waals surface area contributed by atoms with Crippen LogP contribution in [0.1, 0.15) is 30.7 Å². The average Bonchev–Trinajstić information content (AvgIpc) is 3.23. The molecular weight excluding hydrogens is 407 g/mol. The van der Waals surface area contributed by atoms with Crippen LogP contribution in [-0.2, 0) is 17.6 Å². The van der Waals surface area contributed by atoms with Crippen LogP contribution in [0.25, 0.3) is 17.2 Å². The fourth-order valence-corrected chi connectivity index (χ4v) is 4.72. The summed E-state index contributed by atoms with van der Waals surface area (Å²) in [5.41, 5.74) is 3.54. The van der Waals surface area contributed by atoms with E-state index in [1.807, 2.05) is 0 Å². The van der Waals surface area contributed by atoms with E-state index in [1.165, 1.54) is 25.1 Å². The van der Waals surface area contributed by atoms with Crippen molar-refractivity contribution in [3.63, 3.8) is 0 Å². The quantitative estimate of drug-likeness (QED) is 0.612. The molecule has 2 fully saturated rings. The van der Waals surface area contributed by atoms with E-state index in [2.05, 4.69) is 21.3 Å². The number of aryl methyl sites for hydroxylation is 1. The Hall–Kier alpha value is -2.42. The molecule has 1 atom stereocenters. The van der Waals surface area contributed by atoms with E-state index in [-0.39, 0.29) is 5.82 Å². The number of aromatic nitrogens is 4. The maximum atomic E-state index is 13.9. The van der Waals surface area contributed by atoms with Crippen LogP contribution < -0.4 is 5.32 Å². The van der Waals surface area contributed by atoms with Crippen molar-refractivity contribution in [2.45, 2.75) is 32.1 Å². The Morgan fingerprint density at radius 1 is 1.16 bits per heavy atom. The molecule has 3 aromatic rings. The normalized spacial score (nSPS) is 20.1. The van der Waals surface area contributed by atoms with Crippen LogP contribution in [0.4, 0.5) is 4.39 Å². The van der Waals surface area contributed by atoms with Crippen molar-refractivity contribution in [1.82, 2.24) is 29.6 Å². The second-order valence-corrected chi connectivity index (χ2v) is 8.87. The SMILES string of the molecule is Fc1ccc2ncc(-c3nc(CCCN4CCOCC4)cc(C[C@@H]4CCCNC4)n3)n2c1. The highest BCUT2D eigenvalue weighted by molar-refractivity contribution is 5.57. The molecule has 5 rings (SSSR count). The van der Waals surface area contributed by atoms with Crippen LogP contribution in [0.3, 0.4) is 0 Å². The van der Waals surface area contributed by atoms with Crippen molar-refractivity contribution in [2.75, 3.05) is 45.9 Å². The number of nitrogens with zero attached hydrogens (tertiary/aromatic N) is 5. The zero-order valence-electron chi connectivity index (χ0n) is 18.5. The van der Waals surface area contributed by atoms with Crippen LogP contribution in [0.2, 0.25) is 0 Å². The fraction of sp³-hybridized carbons (Fsp3) is 0.542. The third-order valence-electron chi connectivity index (χ3n) is 6.44. The van der Waals surface area contributed by atoms with Gasteiger partial charge in [0.05, 0.1) is 19.4 Å². The first-order valence-corrected chi connectivity index (χ1v) is 11.8. The van der Waals surface area contributed by atoms with Gasteiger partial charge in [-0.25, -0.2) is 19.3 Å². The number of halogens is 1. The molecule has 7 nitrogen and oxygen atoms in total. The zero-order valence-corrected chi connectivity index (χ0v) is 18.5. The van der Waals surface area contributed by atoms with Gasteiger partial charge in [-0.15, -0.1) is 0 Å². The van der Waals surface area contributed by atoms with Crippen molar-refractivity contribution in [2.24, 2.45) is 5.92 Å². The Morgan fingerprint density at radius 3 is 2.88 bits per heavy atom. The predicted molar refractivity (Wildman–Crippen MR) is 121 cm³/mol. The number of imidazole rings is 1. The number of morpholine rings is 1. The summed E-state index contributed by atoms with van der Waals surface area (Å²) in [5.74, 6) is 0.921. The van der Waals surface area contributed by atoms with Crippen molar-refractivity contribution in [3.05, 3.63) is 47.8 Å². The maximum Gasteiger partial charge on any atom is 0.178 e. The van der Waals surface area contributed by atoms with Gasteiger partial charge in [0.15, 0.2) is 5.82 Å². The number of fused-ring (bicyclic) bond motifs is 1. The largest absolute Gasteiger partial charge is 0.379 e. The molecule has 2 aliphatic rings. The summed E-state index contributed by atoms with van der Waals surface area (Å²) in [4.78, 5) is 16.7. The lowest BCUT2D eigenvalue weighted by Gasteiger charge is -2.26. The number of pyridine rings is 1. The molecule has 1 N–H and O–H groups in total. The molecule has 0 spiro atoms. The first-order chi connectivity index (χ1) is 15.7. The molecule has 32 heavy (non-hydrogen) atoms. The lowest BCUT2D eigenvalue weighted by molar-refractivity contribution is 0.0374. The molecule has 2 aliphatic heterocycles. The molecular formula is C24H31FN6O. The van der Waals surface area contributed by atoms with Crippen LogP contribution in [-0.4, -0.2) is 70.2 Å². The highest BCUT2D eigenvalue weighted by Crippen LogP contribution is 2.22. The van der Waals surface area contributed by atoms with Gasteiger partial charge in [-0.05, 0) is 75.9 Å². The van der Waals surface area contributed by atoms with E-state index in [0.29, 0.717) is 17.4 Å². The summed E-state index contributed by atoms with van der Waals surface area (Å²) in [6, 6.07) is 5.28. The van der Waals surface area contributed by atoms with Gasteiger partial charge in [-0.1, -0.05) is 0 Å². The molecule has 0 aliphatic carbocycles. The Kier molecular flexibility index (Phi) is 6.71. The Morgan fingerprint density at radius 2 is 2.03 bits per heavy atom. The van der Waals surface area contributed by atoms with Gasteiger partial charge in [0, 0.05) is 30.7 Å². The van der Waals surface area contributed by atoms with Gasteiger partial charge < -0.3 is 10.1 Å². The third-order valence-corrected chi connectivity index (χ3v) is 6.44. The fourth-order valence-electron chi connectivity index (χ4n) is 4.72. The molecule has 0 saturated carbocycles. The molecule has 8 heteroatoms. The number of ether oxygens (including phenoxy) is 1. The van der Waals surface area contributed by atoms with E-state index >= 15 is 0 Å². The lowest BCUT2D eigenvalue weighted by Crippen LogP contribution is -2.37. The molecule has 2 saturated heterocycles. The van der Waals surface area contributed by atoms with Crippen LogP contribution in [0, 0.1) is 11.7 Å². The number of rotatable bonds is 7. The molecule has 3 aromatic heterocycles. The van der Waals surface area contributed by atoms with Gasteiger partial charge in [-0.2, -0.15) is 0 Å². The first-order valence-electron chi connectivity index (χ1n) is 11.8. The minimum atomic E-state index is -0.299. The summed E-state index contributed by atoms with van der Waals surface area (Å²) in [6.07, 6.45) is 8.51. The Bertz CT molecular complexity index is 1040.